The molecule has 1 heterocycles. The highest BCUT2D eigenvalue weighted by molar-refractivity contribution is 6.40. The Labute approximate surface area is 91.9 Å². The average Bonchev–Trinajstić information content (AvgIpc) is 2.23. The molecule has 0 aliphatic carbocycles. The van der Waals surface area contributed by atoms with Crippen LogP contribution in [-0.4, -0.2) is 12.0 Å². The van der Waals surface area contributed by atoms with Crippen LogP contribution in [0.1, 0.15) is 0 Å². The van der Waals surface area contributed by atoms with Crippen LogP contribution in [0.5, 0.6) is 0 Å². The molecular formula is C10H8Cl2N2. The maximum atomic E-state index is 6.07. The molecule has 0 fully saturated rings. The first-order valence-corrected chi connectivity index (χ1v) is 4.90. The molecule has 4 heteroatoms. The van der Waals surface area contributed by atoms with Crippen molar-refractivity contribution < 1.29 is 0 Å². The van der Waals surface area contributed by atoms with E-state index in [-0.39, 0.29) is 0 Å². The van der Waals surface area contributed by atoms with Crippen LogP contribution in [0.4, 0.5) is 5.69 Å². The van der Waals surface area contributed by atoms with Gasteiger partial charge in [-0.15, -0.1) is 0 Å². The van der Waals surface area contributed by atoms with Crippen molar-refractivity contribution in [1.82, 2.24) is 4.98 Å². The van der Waals surface area contributed by atoms with Gasteiger partial charge in [-0.05, 0) is 18.2 Å². The second-order valence-corrected chi connectivity index (χ2v) is 3.68. The number of benzene rings is 1. The molecule has 0 saturated heterocycles. The number of halogens is 2. The lowest BCUT2D eigenvalue weighted by molar-refractivity contribution is 1.39. The fourth-order valence-electron chi connectivity index (χ4n) is 1.40. The summed E-state index contributed by atoms with van der Waals surface area (Å²) >= 11 is 12.1. The second kappa shape index (κ2) is 3.64. The van der Waals surface area contributed by atoms with E-state index >= 15 is 0 Å². The molecule has 0 radical (unpaired) electrons. The van der Waals surface area contributed by atoms with Gasteiger partial charge in [0.2, 0.25) is 0 Å². The van der Waals surface area contributed by atoms with E-state index < -0.39 is 0 Å². The van der Waals surface area contributed by atoms with Gasteiger partial charge in [0.15, 0.2) is 0 Å². The molecule has 1 aromatic heterocycles. The van der Waals surface area contributed by atoms with Crippen molar-refractivity contribution in [3.63, 3.8) is 0 Å². The van der Waals surface area contributed by atoms with Crippen LogP contribution in [0.25, 0.3) is 10.9 Å². The van der Waals surface area contributed by atoms with E-state index in [1.807, 2.05) is 13.1 Å². The number of fused-ring (bicyclic) bond motifs is 1. The van der Waals surface area contributed by atoms with Crippen LogP contribution >= 0.6 is 23.2 Å². The number of pyridine rings is 1. The predicted molar refractivity (Wildman–Crippen MR) is 61.3 cm³/mol. The first-order chi connectivity index (χ1) is 6.74. The Bertz CT molecular complexity index is 483. The molecule has 2 aromatic rings. The summed E-state index contributed by atoms with van der Waals surface area (Å²) in [6.45, 7) is 0. The van der Waals surface area contributed by atoms with Crippen LogP contribution in [0.15, 0.2) is 24.4 Å². The van der Waals surface area contributed by atoms with Crippen molar-refractivity contribution in [3.8, 4) is 0 Å². The van der Waals surface area contributed by atoms with Gasteiger partial charge < -0.3 is 5.32 Å². The van der Waals surface area contributed by atoms with E-state index in [0.717, 1.165) is 16.6 Å². The minimum atomic E-state index is 0.613. The molecule has 0 bridgehead atoms. The lowest BCUT2D eigenvalue weighted by Gasteiger charge is -2.07. The van der Waals surface area contributed by atoms with Crippen LogP contribution in [0.3, 0.4) is 0 Å². The molecule has 2 nitrogen and oxygen atoms in total. The minimum absolute atomic E-state index is 0.613. The standard InChI is InChI=1S/C10H8Cl2N2/c1-13-8-4-5-14-10-7(12)3-2-6(11)9(8)10/h2-5H,1H3,(H,13,14). The molecule has 0 aliphatic rings. The molecule has 0 saturated carbocycles. The smallest absolute Gasteiger partial charge is 0.0923 e. The Morgan fingerprint density at radius 1 is 1.14 bits per heavy atom. The average molecular weight is 227 g/mol. The molecule has 0 atom stereocenters. The van der Waals surface area contributed by atoms with Gasteiger partial charge in [-0.3, -0.25) is 4.98 Å². The lowest BCUT2D eigenvalue weighted by Crippen LogP contribution is -1.91. The molecule has 0 amide bonds. The summed E-state index contributed by atoms with van der Waals surface area (Å²) in [5, 5.41) is 5.19. The van der Waals surface area contributed by atoms with E-state index in [1.165, 1.54) is 0 Å². The second-order valence-electron chi connectivity index (χ2n) is 2.86. The molecule has 0 aliphatic heterocycles. The van der Waals surface area contributed by atoms with Crippen molar-refractivity contribution in [1.29, 1.82) is 0 Å². The van der Waals surface area contributed by atoms with Gasteiger partial charge in [0.1, 0.15) is 0 Å². The summed E-state index contributed by atoms with van der Waals surface area (Å²) in [4.78, 5) is 4.19. The number of rotatable bonds is 1. The van der Waals surface area contributed by atoms with E-state index in [4.69, 9.17) is 23.2 Å². The number of nitrogens with one attached hydrogen (secondary N) is 1. The summed E-state index contributed by atoms with van der Waals surface area (Å²) in [5.41, 5.74) is 1.66. The summed E-state index contributed by atoms with van der Waals surface area (Å²) in [5.74, 6) is 0. The van der Waals surface area contributed by atoms with E-state index in [9.17, 15) is 0 Å². The molecular weight excluding hydrogens is 219 g/mol. The maximum absolute atomic E-state index is 6.07. The third kappa shape index (κ3) is 1.41. The van der Waals surface area contributed by atoms with Crippen molar-refractivity contribution in [3.05, 3.63) is 34.4 Å². The third-order valence-corrected chi connectivity index (χ3v) is 2.68. The number of aromatic nitrogens is 1. The highest BCUT2D eigenvalue weighted by Gasteiger charge is 2.07. The zero-order valence-corrected chi connectivity index (χ0v) is 9.02. The SMILES string of the molecule is CNc1ccnc2c(Cl)ccc(Cl)c12. The predicted octanol–water partition coefficient (Wildman–Crippen LogP) is 3.58. The molecule has 0 unspecified atom stereocenters. The van der Waals surface area contributed by atoms with Crippen LogP contribution in [0, 0.1) is 0 Å². The Morgan fingerprint density at radius 2 is 1.86 bits per heavy atom. The molecule has 14 heavy (non-hydrogen) atoms. The monoisotopic (exact) mass is 226 g/mol. The number of anilines is 1. The van der Waals surface area contributed by atoms with E-state index in [2.05, 4.69) is 10.3 Å². The third-order valence-electron chi connectivity index (χ3n) is 2.06. The topological polar surface area (TPSA) is 24.9 Å². The van der Waals surface area contributed by atoms with E-state index in [1.54, 1.807) is 18.3 Å². The van der Waals surface area contributed by atoms with Crippen LogP contribution in [-0.2, 0) is 0 Å². The van der Waals surface area contributed by atoms with Gasteiger partial charge in [-0.2, -0.15) is 0 Å². The molecule has 1 N–H and O–H groups in total. The fraction of sp³-hybridized carbons (Fsp3) is 0.100. The largest absolute Gasteiger partial charge is 0.387 e. The molecule has 1 aromatic carbocycles. The van der Waals surface area contributed by atoms with Crippen LogP contribution in [0.2, 0.25) is 10.0 Å². The van der Waals surface area contributed by atoms with Gasteiger partial charge in [0.05, 0.1) is 15.6 Å². The van der Waals surface area contributed by atoms with Gasteiger partial charge in [0, 0.05) is 24.3 Å². The lowest BCUT2D eigenvalue weighted by atomic mass is 10.2. The summed E-state index contributed by atoms with van der Waals surface area (Å²) in [6, 6.07) is 5.39. The highest BCUT2D eigenvalue weighted by Crippen LogP contribution is 2.32. The van der Waals surface area contributed by atoms with Crippen molar-refractivity contribution in [2.75, 3.05) is 12.4 Å². The maximum Gasteiger partial charge on any atom is 0.0923 e. The first-order valence-electron chi connectivity index (χ1n) is 4.14. The first kappa shape index (κ1) is 9.56. The van der Waals surface area contributed by atoms with Gasteiger partial charge in [-0.25, -0.2) is 0 Å². The highest BCUT2D eigenvalue weighted by atomic mass is 35.5. The van der Waals surface area contributed by atoms with E-state index in [0.29, 0.717) is 10.0 Å². The molecule has 0 spiro atoms. The minimum Gasteiger partial charge on any atom is -0.387 e. The Kier molecular flexibility index (Phi) is 2.48. The summed E-state index contributed by atoms with van der Waals surface area (Å²) in [6.07, 6.45) is 1.70. The number of hydrogen-bond donors (Lipinski definition) is 1. The number of hydrogen-bond acceptors (Lipinski definition) is 2. The number of nitrogens with zero attached hydrogens (tertiary/aromatic N) is 1. The Hall–Kier alpha value is -0.990. The molecule has 72 valence electrons. The van der Waals surface area contributed by atoms with Crippen LogP contribution < -0.4 is 5.32 Å². The Morgan fingerprint density at radius 3 is 2.57 bits per heavy atom. The van der Waals surface area contributed by atoms with Crippen molar-refractivity contribution in [2.24, 2.45) is 0 Å². The summed E-state index contributed by atoms with van der Waals surface area (Å²) in [7, 11) is 1.84. The Balaban J connectivity index is 2.92. The normalized spacial score (nSPS) is 10.5. The van der Waals surface area contributed by atoms with Crippen molar-refractivity contribution in [2.45, 2.75) is 0 Å². The quantitative estimate of drug-likeness (QED) is 0.805. The van der Waals surface area contributed by atoms with Crippen molar-refractivity contribution >= 4 is 39.8 Å². The zero-order valence-electron chi connectivity index (χ0n) is 7.51. The fourth-order valence-corrected chi connectivity index (χ4v) is 1.86. The van der Waals surface area contributed by atoms with Gasteiger partial charge >= 0.3 is 0 Å². The zero-order chi connectivity index (χ0) is 10.1. The van der Waals surface area contributed by atoms with Gasteiger partial charge in [-0.1, -0.05) is 23.2 Å². The van der Waals surface area contributed by atoms with Gasteiger partial charge in [0.25, 0.3) is 0 Å². The molecule has 2 rings (SSSR count). The summed E-state index contributed by atoms with van der Waals surface area (Å²) < 4.78 is 0.